The Morgan fingerprint density at radius 3 is 3.04 bits per heavy atom. The van der Waals surface area contributed by atoms with Crippen LogP contribution in [0, 0.1) is 11.3 Å². The molecule has 0 fully saturated rings. The standard InChI is InChI=1S/C20H19N5O2S/c1-2-9-25-19(26)16(12-14-7-6-11-27-14)28-20(25)15(13-21)18-23-22-17-8-4-3-5-10-24(17)18/h2,6-7,11-12H,1,3-5,8-10H2/b16-12-,20-15-. The zero-order chi connectivity index (χ0) is 19.5. The van der Waals surface area contributed by atoms with Crippen LogP contribution in [0.4, 0.5) is 0 Å². The molecule has 0 aliphatic carbocycles. The number of allylic oxidation sites excluding steroid dienone is 1. The number of fused-ring (bicyclic) bond motifs is 1. The van der Waals surface area contributed by atoms with Crippen LogP contribution in [0.3, 0.4) is 0 Å². The summed E-state index contributed by atoms with van der Waals surface area (Å²) >= 11 is 1.26. The van der Waals surface area contributed by atoms with Gasteiger partial charge in [0.05, 0.1) is 10.8 Å². The van der Waals surface area contributed by atoms with Crippen LogP contribution in [0.25, 0.3) is 11.6 Å². The largest absolute Gasteiger partial charge is 0.465 e. The first-order valence-corrected chi connectivity index (χ1v) is 9.97. The fourth-order valence-electron chi connectivity index (χ4n) is 3.37. The van der Waals surface area contributed by atoms with Crippen molar-refractivity contribution in [2.24, 2.45) is 0 Å². The molecule has 0 bridgehead atoms. The molecule has 0 amide bonds. The SMILES string of the molecule is C=CCn1c(=O)/c(=C/c2ccco2)s/c1=C(/C#N)c1nnc2n1CCCCC2. The van der Waals surface area contributed by atoms with E-state index in [1.807, 2.05) is 4.57 Å². The van der Waals surface area contributed by atoms with Crippen LogP contribution in [0.5, 0.6) is 0 Å². The molecule has 3 aromatic heterocycles. The van der Waals surface area contributed by atoms with Crippen LogP contribution in [-0.4, -0.2) is 19.3 Å². The van der Waals surface area contributed by atoms with Crippen molar-refractivity contribution in [3.05, 3.63) is 68.0 Å². The first kappa shape index (κ1) is 18.2. The molecule has 7 nitrogen and oxygen atoms in total. The third-order valence-electron chi connectivity index (χ3n) is 4.69. The molecule has 0 atom stereocenters. The van der Waals surface area contributed by atoms with E-state index in [-0.39, 0.29) is 5.56 Å². The maximum Gasteiger partial charge on any atom is 0.269 e. The minimum absolute atomic E-state index is 0.181. The van der Waals surface area contributed by atoms with E-state index in [2.05, 4.69) is 22.8 Å². The molecule has 0 aromatic carbocycles. The summed E-state index contributed by atoms with van der Waals surface area (Å²) in [6, 6.07) is 5.81. The lowest BCUT2D eigenvalue weighted by Gasteiger charge is -2.06. The highest BCUT2D eigenvalue weighted by Gasteiger charge is 2.20. The molecular formula is C20H19N5O2S. The third-order valence-corrected chi connectivity index (χ3v) is 5.82. The van der Waals surface area contributed by atoms with Crippen LogP contribution in [0.15, 0.2) is 40.3 Å². The van der Waals surface area contributed by atoms with Gasteiger partial charge in [-0.05, 0) is 25.0 Å². The van der Waals surface area contributed by atoms with Crippen LogP contribution in [0.1, 0.15) is 36.7 Å². The van der Waals surface area contributed by atoms with E-state index in [4.69, 9.17) is 4.42 Å². The normalized spacial score (nSPS) is 15.6. The summed E-state index contributed by atoms with van der Waals surface area (Å²) in [5.41, 5.74) is 0.184. The number of hydrogen-bond acceptors (Lipinski definition) is 6. The minimum Gasteiger partial charge on any atom is -0.465 e. The fraction of sp³-hybridized carbons (Fsp3) is 0.300. The van der Waals surface area contributed by atoms with Gasteiger partial charge in [-0.15, -0.1) is 28.1 Å². The topological polar surface area (TPSA) is 89.6 Å². The lowest BCUT2D eigenvalue weighted by molar-refractivity contribution is 0.556. The molecule has 0 saturated carbocycles. The van der Waals surface area contributed by atoms with Crippen molar-refractivity contribution in [1.82, 2.24) is 19.3 Å². The average molecular weight is 393 g/mol. The van der Waals surface area contributed by atoms with Crippen LogP contribution >= 0.6 is 11.3 Å². The van der Waals surface area contributed by atoms with Crippen molar-refractivity contribution in [3.8, 4) is 6.07 Å². The van der Waals surface area contributed by atoms with Crippen LogP contribution in [-0.2, 0) is 19.5 Å². The highest BCUT2D eigenvalue weighted by molar-refractivity contribution is 7.07. The van der Waals surface area contributed by atoms with Crippen molar-refractivity contribution >= 4 is 23.0 Å². The Morgan fingerprint density at radius 2 is 2.29 bits per heavy atom. The van der Waals surface area contributed by atoms with E-state index >= 15 is 0 Å². The molecule has 0 saturated heterocycles. The van der Waals surface area contributed by atoms with Gasteiger partial charge < -0.3 is 8.98 Å². The number of aryl methyl sites for hydroxylation is 1. The summed E-state index contributed by atoms with van der Waals surface area (Å²) in [6.45, 7) is 4.84. The summed E-state index contributed by atoms with van der Waals surface area (Å²) in [6.07, 6.45) is 8.98. The summed E-state index contributed by atoms with van der Waals surface area (Å²) in [7, 11) is 0. The predicted molar refractivity (Wildman–Crippen MR) is 106 cm³/mol. The lowest BCUT2D eigenvalue weighted by Crippen LogP contribution is -2.32. The molecule has 4 rings (SSSR count). The van der Waals surface area contributed by atoms with Gasteiger partial charge in [-0.1, -0.05) is 12.5 Å². The molecule has 4 heterocycles. The summed E-state index contributed by atoms with van der Waals surface area (Å²) in [4.78, 5) is 12.9. The van der Waals surface area contributed by atoms with E-state index in [0.717, 1.165) is 38.1 Å². The molecule has 0 spiro atoms. The monoisotopic (exact) mass is 393 g/mol. The molecule has 142 valence electrons. The Kier molecular flexibility index (Phi) is 5.08. The van der Waals surface area contributed by atoms with Crippen LogP contribution < -0.4 is 14.8 Å². The zero-order valence-corrected chi connectivity index (χ0v) is 16.1. The predicted octanol–water partition coefficient (Wildman–Crippen LogP) is 1.56. The van der Waals surface area contributed by atoms with Crippen LogP contribution in [0.2, 0.25) is 0 Å². The third kappa shape index (κ3) is 3.25. The summed E-state index contributed by atoms with van der Waals surface area (Å²) in [5.74, 6) is 2.02. The highest BCUT2D eigenvalue weighted by Crippen LogP contribution is 2.18. The molecule has 1 aliphatic rings. The van der Waals surface area contributed by atoms with E-state index in [9.17, 15) is 10.1 Å². The van der Waals surface area contributed by atoms with Crippen molar-refractivity contribution < 1.29 is 4.42 Å². The van der Waals surface area contributed by atoms with Gasteiger partial charge in [0.1, 0.15) is 27.9 Å². The number of thiazole rings is 1. The zero-order valence-electron chi connectivity index (χ0n) is 15.3. The van der Waals surface area contributed by atoms with Crippen molar-refractivity contribution in [2.75, 3.05) is 0 Å². The van der Waals surface area contributed by atoms with E-state index in [1.54, 1.807) is 35.1 Å². The first-order chi connectivity index (χ1) is 13.7. The molecular weight excluding hydrogens is 374 g/mol. The second kappa shape index (κ2) is 7.82. The van der Waals surface area contributed by atoms with Gasteiger partial charge >= 0.3 is 0 Å². The fourth-order valence-corrected chi connectivity index (χ4v) is 4.45. The Hall–Kier alpha value is -3.18. The Morgan fingerprint density at radius 1 is 1.39 bits per heavy atom. The van der Waals surface area contributed by atoms with E-state index in [0.29, 0.717) is 32.9 Å². The molecule has 0 radical (unpaired) electrons. The van der Waals surface area contributed by atoms with Crippen molar-refractivity contribution in [1.29, 1.82) is 5.26 Å². The molecule has 1 aliphatic heterocycles. The van der Waals surface area contributed by atoms with Gasteiger partial charge in [-0.3, -0.25) is 9.36 Å². The Balaban J connectivity index is 1.99. The molecule has 0 unspecified atom stereocenters. The second-order valence-electron chi connectivity index (χ2n) is 6.52. The molecule has 3 aromatic rings. The Bertz CT molecular complexity index is 1220. The number of furan rings is 1. The maximum atomic E-state index is 12.9. The van der Waals surface area contributed by atoms with Gasteiger partial charge in [0.15, 0.2) is 5.82 Å². The number of rotatable bonds is 4. The first-order valence-electron chi connectivity index (χ1n) is 9.15. The minimum atomic E-state index is -0.181. The number of hydrogen-bond donors (Lipinski definition) is 0. The second-order valence-corrected chi connectivity index (χ2v) is 7.56. The van der Waals surface area contributed by atoms with Crippen molar-refractivity contribution in [3.63, 3.8) is 0 Å². The smallest absolute Gasteiger partial charge is 0.269 e. The number of nitriles is 1. The van der Waals surface area contributed by atoms with Gasteiger partial charge in [0.25, 0.3) is 5.56 Å². The maximum absolute atomic E-state index is 12.9. The number of nitrogens with zero attached hydrogens (tertiary/aromatic N) is 5. The number of aromatic nitrogens is 4. The molecule has 0 N–H and O–H groups in total. The average Bonchev–Trinajstić information content (AvgIpc) is 3.37. The molecule has 28 heavy (non-hydrogen) atoms. The Labute approximate surface area is 165 Å². The molecule has 8 heteroatoms. The van der Waals surface area contributed by atoms with Gasteiger partial charge in [-0.25, -0.2) is 0 Å². The van der Waals surface area contributed by atoms with Crippen molar-refractivity contribution in [2.45, 2.75) is 38.8 Å². The summed E-state index contributed by atoms with van der Waals surface area (Å²) in [5, 5.41) is 18.5. The van der Waals surface area contributed by atoms with Gasteiger partial charge in [0, 0.05) is 25.6 Å². The quantitative estimate of drug-likeness (QED) is 0.628. The summed E-state index contributed by atoms with van der Waals surface area (Å²) < 4.78 is 9.97. The van der Waals surface area contributed by atoms with E-state index < -0.39 is 0 Å². The van der Waals surface area contributed by atoms with Gasteiger partial charge in [0.2, 0.25) is 0 Å². The van der Waals surface area contributed by atoms with Gasteiger partial charge in [-0.2, -0.15) is 5.26 Å². The highest BCUT2D eigenvalue weighted by atomic mass is 32.1. The lowest BCUT2D eigenvalue weighted by atomic mass is 10.2. The van der Waals surface area contributed by atoms with E-state index in [1.165, 1.54) is 11.3 Å².